The summed E-state index contributed by atoms with van der Waals surface area (Å²) in [6.45, 7) is 7.32. The standard InChI is InChI=1S/C13H24N2O2/c1-4-15(9-13(17)14-10(2)3)11-5-7-12(16)8-6-11/h10-11H,4-9H2,1-3H3,(H,14,17). The second-order valence-corrected chi connectivity index (χ2v) is 5.06. The molecular weight excluding hydrogens is 216 g/mol. The highest BCUT2D eigenvalue weighted by Gasteiger charge is 2.24. The second-order valence-electron chi connectivity index (χ2n) is 5.06. The quantitative estimate of drug-likeness (QED) is 0.789. The van der Waals surface area contributed by atoms with E-state index in [1.165, 1.54) is 0 Å². The Balaban J connectivity index is 2.42. The van der Waals surface area contributed by atoms with E-state index in [-0.39, 0.29) is 11.9 Å². The van der Waals surface area contributed by atoms with Crippen LogP contribution in [0, 0.1) is 0 Å². The maximum Gasteiger partial charge on any atom is 0.234 e. The van der Waals surface area contributed by atoms with Gasteiger partial charge in [-0.1, -0.05) is 6.92 Å². The number of nitrogens with zero attached hydrogens (tertiary/aromatic N) is 1. The van der Waals surface area contributed by atoms with Crippen LogP contribution in [-0.2, 0) is 9.59 Å². The predicted octanol–water partition coefficient (Wildman–Crippen LogP) is 1.34. The van der Waals surface area contributed by atoms with E-state index >= 15 is 0 Å². The molecule has 1 aliphatic carbocycles. The van der Waals surface area contributed by atoms with E-state index in [1.807, 2.05) is 13.8 Å². The van der Waals surface area contributed by atoms with Crippen LogP contribution in [0.25, 0.3) is 0 Å². The number of hydrogen-bond acceptors (Lipinski definition) is 3. The van der Waals surface area contributed by atoms with Gasteiger partial charge in [-0.3, -0.25) is 14.5 Å². The molecule has 0 unspecified atom stereocenters. The third-order valence-electron chi connectivity index (χ3n) is 3.23. The molecular formula is C13H24N2O2. The molecule has 1 amide bonds. The lowest BCUT2D eigenvalue weighted by molar-refractivity contribution is -0.124. The molecule has 1 rings (SSSR count). The van der Waals surface area contributed by atoms with Crippen molar-refractivity contribution in [3.05, 3.63) is 0 Å². The summed E-state index contributed by atoms with van der Waals surface area (Å²) in [5.41, 5.74) is 0. The molecule has 0 atom stereocenters. The predicted molar refractivity (Wildman–Crippen MR) is 67.8 cm³/mol. The molecule has 4 heteroatoms. The lowest BCUT2D eigenvalue weighted by Crippen LogP contribution is -2.45. The first-order valence-electron chi connectivity index (χ1n) is 6.58. The van der Waals surface area contributed by atoms with Crippen LogP contribution < -0.4 is 5.32 Å². The number of carbonyl (C=O) groups excluding carboxylic acids is 2. The lowest BCUT2D eigenvalue weighted by Gasteiger charge is -2.32. The van der Waals surface area contributed by atoms with Crippen molar-refractivity contribution in [3.63, 3.8) is 0 Å². The molecule has 1 saturated carbocycles. The summed E-state index contributed by atoms with van der Waals surface area (Å²) >= 11 is 0. The van der Waals surface area contributed by atoms with E-state index in [0.29, 0.717) is 31.2 Å². The first-order chi connectivity index (χ1) is 8.02. The number of likely N-dealkylation sites (N-methyl/N-ethyl adjacent to an activating group) is 1. The molecule has 0 spiro atoms. The fraction of sp³-hybridized carbons (Fsp3) is 0.846. The van der Waals surface area contributed by atoms with Crippen LogP contribution in [0.15, 0.2) is 0 Å². The van der Waals surface area contributed by atoms with Crippen molar-refractivity contribution in [1.29, 1.82) is 0 Å². The Bertz CT molecular complexity index is 267. The van der Waals surface area contributed by atoms with Gasteiger partial charge in [0.05, 0.1) is 6.54 Å². The van der Waals surface area contributed by atoms with Gasteiger partial charge in [0.25, 0.3) is 0 Å². The highest BCUT2D eigenvalue weighted by atomic mass is 16.2. The molecule has 0 aromatic carbocycles. The Hall–Kier alpha value is -0.900. The van der Waals surface area contributed by atoms with Gasteiger partial charge in [-0.25, -0.2) is 0 Å². The zero-order chi connectivity index (χ0) is 12.8. The number of rotatable bonds is 5. The van der Waals surface area contributed by atoms with Crippen molar-refractivity contribution in [3.8, 4) is 0 Å². The first-order valence-corrected chi connectivity index (χ1v) is 6.58. The average molecular weight is 240 g/mol. The second kappa shape index (κ2) is 6.74. The van der Waals surface area contributed by atoms with E-state index in [0.717, 1.165) is 19.4 Å². The van der Waals surface area contributed by atoms with E-state index in [1.54, 1.807) is 0 Å². The van der Waals surface area contributed by atoms with Crippen LogP contribution in [0.3, 0.4) is 0 Å². The number of ketones is 1. The molecule has 0 aliphatic heterocycles. The normalized spacial score (nSPS) is 17.8. The van der Waals surface area contributed by atoms with Gasteiger partial charge in [-0.15, -0.1) is 0 Å². The van der Waals surface area contributed by atoms with Gasteiger partial charge < -0.3 is 5.32 Å². The minimum atomic E-state index is 0.0822. The van der Waals surface area contributed by atoms with Crippen LogP contribution in [0.5, 0.6) is 0 Å². The van der Waals surface area contributed by atoms with Gasteiger partial charge in [0, 0.05) is 24.9 Å². The molecule has 17 heavy (non-hydrogen) atoms. The van der Waals surface area contributed by atoms with Gasteiger partial charge in [0.2, 0.25) is 5.91 Å². The summed E-state index contributed by atoms with van der Waals surface area (Å²) < 4.78 is 0. The Morgan fingerprint density at radius 3 is 2.47 bits per heavy atom. The molecule has 4 nitrogen and oxygen atoms in total. The van der Waals surface area contributed by atoms with Gasteiger partial charge >= 0.3 is 0 Å². The summed E-state index contributed by atoms with van der Waals surface area (Å²) in [5, 5.41) is 2.91. The van der Waals surface area contributed by atoms with Crippen LogP contribution in [0.2, 0.25) is 0 Å². The number of Topliss-reactive ketones (excluding diaryl/α,β-unsaturated/α-hetero) is 1. The maximum absolute atomic E-state index is 11.7. The molecule has 1 fully saturated rings. The molecule has 0 aromatic heterocycles. The fourth-order valence-corrected chi connectivity index (χ4v) is 2.34. The molecule has 1 aliphatic rings. The largest absolute Gasteiger partial charge is 0.353 e. The van der Waals surface area contributed by atoms with Gasteiger partial charge in [0.1, 0.15) is 5.78 Å². The fourth-order valence-electron chi connectivity index (χ4n) is 2.34. The SMILES string of the molecule is CCN(CC(=O)NC(C)C)C1CCC(=O)CC1. The van der Waals surface area contributed by atoms with Gasteiger partial charge in [-0.2, -0.15) is 0 Å². The summed E-state index contributed by atoms with van der Waals surface area (Å²) in [4.78, 5) is 25.1. The van der Waals surface area contributed by atoms with Gasteiger partial charge in [-0.05, 0) is 33.2 Å². The van der Waals surface area contributed by atoms with E-state index < -0.39 is 0 Å². The van der Waals surface area contributed by atoms with Crippen molar-refractivity contribution in [1.82, 2.24) is 10.2 Å². The van der Waals surface area contributed by atoms with Crippen molar-refractivity contribution in [2.45, 2.75) is 58.5 Å². The average Bonchev–Trinajstić information content (AvgIpc) is 2.26. The third-order valence-corrected chi connectivity index (χ3v) is 3.23. The Kier molecular flexibility index (Phi) is 5.62. The monoisotopic (exact) mass is 240 g/mol. The zero-order valence-corrected chi connectivity index (χ0v) is 11.2. The number of carbonyl (C=O) groups is 2. The molecule has 0 saturated heterocycles. The number of nitrogens with one attached hydrogen (secondary N) is 1. The Morgan fingerprint density at radius 2 is 2.00 bits per heavy atom. The molecule has 0 radical (unpaired) electrons. The van der Waals surface area contributed by atoms with Crippen molar-refractivity contribution in [2.24, 2.45) is 0 Å². The highest BCUT2D eigenvalue weighted by Crippen LogP contribution is 2.20. The Labute approximate surface area is 104 Å². The number of amides is 1. The smallest absolute Gasteiger partial charge is 0.234 e. The van der Waals surface area contributed by atoms with Crippen molar-refractivity contribution >= 4 is 11.7 Å². The summed E-state index contributed by atoms with van der Waals surface area (Å²) in [7, 11) is 0. The topological polar surface area (TPSA) is 49.4 Å². The summed E-state index contributed by atoms with van der Waals surface area (Å²) in [6.07, 6.45) is 3.16. The summed E-state index contributed by atoms with van der Waals surface area (Å²) in [6, 6.07) is 0.588. The molecule has 0 bridgehead atoms. The highest BCUT2D eigenvalue weighted by molar-refractivity contribution is 5.79. The first kappa shape index (κ1) is 14.2. The van der Waals surface area contributed by atoms with E-state index in [9.17, 15) is 9.59 Å². The van der Waals surface area contributed by atoms with Crippen LogP contribution in [0.4, 0.5) is 0 Å². The van der Waals surface area contributed by atoms with E-state index in [2.05, 4.69) is 17.1 Å². The molecule has 1 N–H and O–H groups in total. The number of hydrogen-bond donors (Lipinski definition) is 1. The van der Waals surface area contributed by atoms with Crippen LogP contribution in [-0.4, -0.2) is 41.8 Å². The Morgan fingerprint density at radius 1 is 1.41 bits per heavy atom. The van der Waals surface area contributed by atoms with Crippen molar-refractivity contribution < 1.29 is 9.59 Å². The lowest BCUT2D eigenvalue weighted by atomic mass is 9.93. The molecule has 0 heterocycles. The van der Waals surface area contributed by atoms with E-state index in [4.69, 9.17) is 0 Å². The van der Waals surface area contributed by atoms with Crippen LogP contribution >= 0.6 is 0 Å². The van der Waals surface area contributed by atoms with Gasteiger partial charge in [0.15, 0.2) is 0 Å². The summed E-state index contributed by atoms with van der Waals surface area (Å²) in [5.74, 6) is 0.447. The minimum Gasteiger partial charge on any atom is -0.353 e. The zero-order valence-electron chi connectivity index (χ0n) is 11.2. The third kappa shape index (κ3) is 4.86. The minimum absolute atomic E-state index is 0.0822. The molecule has 0 aromatic rings. The van der Waals surface area contributed by atoms with Crippen LogP contribution in [0.1, 0.15) is 46.5 Å². The van der Waals surface area contributed by atoms with Crippen molar-refractivity contribution in [2.75, 3.05) is 13.1 Å². The molecule has 98 valence electrons. The maximum atomic E-state index is 11.7.